The molecule has 0 radical (unpaired) electrons. The third kappa shape index (κ3) is 1.64. The second-order valence-corrected chi connectivity index (χ2v) is 5.84. The Morgan fingerprint density at radius 3 is 2.61 bits per heavy atom. The number of aromatic nitrogens is 1. The molecule has 0 spiro atoms. The van der Waals surface area contributed by atoms with Gasteiger partial charge in [0.25, 0.3) is 0 Å². The van der Waals surface area contributed by atoms with Crippen LogP contribution in [0.2, 0.25) is 6.32 Å². The summed E-state index contributed by atoms with van der Waals surface area (Å²) in [7, 11) is 1.84. The predicted molar refractivity (Wildman–Crippen MR) is 64.5 cm³/mol. The van der Waals surface area contributed by atoms with Gasteiger partial charge in [0, 0.05) is 18.1 Å². The molecule has 1 aromatic heterocycles. The van der Waals surface area contributed by atoms with Crippen molar-refractivity contribution in [3.8, 4) is 0 Å². The Morgan fingerprint density at radius 1 is 1.39 bits per heavy atom. The summed E-state index contributed by atoms with van der Waals surface area (Å²) >= 11 is 1.52. The molecule has 0 atom stereocenters. The van der Waals surface area contributed by atoms with Gasteiger partial charge in [0.2, 0.25) is 0 Å². The van der Waals surface area contributed by atoms with Crippen LogP contribution in [0.1, 0.15) is 5.69 Å². The fraction of sp³-hybridized carbons (Fsp3) is 0.500. The smallest absolute Gasteiger partial charge is 0.584 e. The minimum absolute atomic E-state index is 0.211. The Balaban J connectivity index is 1.82. The zero-order valence-electron chi connectivity index (χ0n) is 10.00. The van der Waals surface area contributed by atoms with Gasteiger partial charge in [0.1, 0.15) is 13.1 Å². The topological polar surface area (TPSA) is 65.5 Å². The maximum absolute atomic E-state index is 11.5. The van der Waals surface area contributed by atoms with Crippen molar-refractivity contribution in [1.82, 2.24) is 4.98 Å². The van der Waals surface area contributed by atoms with Crippen LogP contribution in [0.3, 0.4) is 0 Å². The van der Waals surface area contributed by atoms with E-state index in [-0.39, 0.29) is 29.4 Å². The molecule has 2 fully saturated rings. The molecule has 3 rings (SSSR count). The largest absolute Gasteiger partial charge is 0.600 e. The molecule has 2 aliphatic heterocycles. The number of thiazole rings is 1. The third-order valence-corrected chi connectivity index (χ3v) is 4.45. The fourth-order valence-electron chi connectivity index (χ4n) is 2.81. The van der Waals surface area contributed by atoms with E-state index in [1.165, 1.54) is 11.3 Å². The molecule has 0 N–H and O–H groups in total. The normalized spacial score (nSPS) is 34.3. The summed E-state index contributed by atoms with van der Waals surface area (Å²) in [5, 5.41) is 1.95. The van der Waals surface area contributed by atoms with E-state index in [0.29, 0.717) is 12.7 Å². The van der Waals surface area contributed by atoms with E-state index in [1.54, 1.807) is 5.51 Å². The van der Waals surface area contributed by atoms with Gasteiger partial charge in [-0.2, -0.15) is 0 Å². The maximum Gasteiger partial charge on any atom is 0.584 e. The first-order valence-corrected chi connectivity index (χ1v) is 6.78. The van der Waals surface area contributed by atoms with E-state index in [0.717, 1.165) is 5.69 Å². The predicted octanol–water partition coefficient (Wildman–Crippen LogP) is 0.185. The standard InChI is InChI=1S/C10H13BN2O4S/c1-13-4-9(14)16-11(13,17-10(15)5-13)3-2-8-6-18-7-12-8/h6-7H,2-5H2,1H3. The number of fused-ring (bicyclic) bond motifs is 1. The number of carbonyl (C=O) groups is 2. The van der Waals surface area contributed by atoms with Crippen LogP contribution in [0, 0.1) is 0 Å². The van der Waals surface area contributed by atoms with Crippen molar-refractivity contribution >= 4 is 30.0 Å². The van der Waals surface area contributed by atoms with Gasteiger partial charge < -0.3 is 13.7 Å². The van der Waals surface area contributed by atoms with E-state index >= 15 is 0 Å². The van der Waals surface area contributed by atoms with Gasteiger partial charge in [0.15, 0.2) is 0 Å². The minimum atomic E-state index is -1.89. The zero-order chi connectivity index (χ0) is 12.8. The van der Waals surface area contributed by atoms with Crippen LogP contribution in [-0.2, 0) is 25.3 Å². The van der Waals surface area contributed by atoms with E-state index in [4.69, 9.17) is 9.31 Å². The molecule has 0 saturated carbocycles. The first kappa shape index (κ1) is 11.7. The fourth-order valence-corrected chi connectivity index (χ4v) is 3.40. The summed E-state index contributed by atoms with van der Waals surface area (Å²) in [4.78, 5) is 27.2. The highest BCUT2D eigenvalue weighted by Crippen LogP contribution is 2.37. The van der Waals surface area contributed by atoms with Crippen LogP contribution in [0.4, 0.5) is 0 Å². The quantitative estimate of drug-likeness (QED) is 0.732. The summed E-state index contributed by atoms with van der Waals surface area (Å²) < 4.78 is 11.0. The van der Waals surface area contributed by atoms with Crippen LogP contribution < -0.4 is 0 Å². The lowest BCUT2D eigenvalue weighted by atomic mass is 9.63. The van der Waals surface area contributed by atoms with Crippen molar-refractivity contribution in [2.45, 2.75) is 12.7 Å². The average Bonchev–Trinajstić information content (AvgIpc) is 2.87. The lowest BCUT2D eigenvalue weighted by Crippen LogP contribution is -2.60. The van der Waals surface area contributed by atoms with Gasteiger partial charge in [-0.25, -0.2) is 4.98 Å². The molecule has 6 nitrogen and oxygen atoms in total. The number of likely N-dealkylation sites (N-methyl/N-ethyl adjacent to an activating group) is 1. The van der Waals surface area contributed by atoms with Crippen LogP contribution in [-0.4, -0.2) is 48.1 Å². The van der Waals surface area contributed by atoms with Crippen LogP contribution in [0.25, 0.3) is 0 Å². The van der Waals surface area contributed by atoms with Crippen molar-refractivity contribution in [2.75, 3.05) is 20.1 Å². The Bertz CT molecular complexity index is 484. The number of carbonyl (C=O) groups excluding carboxylic acids is 2. The summed E-state index contributed by atoms with van der Waals surface area (Å²) in [6.45, 7) is -1.47. The van der Waals surface area contributed by atoms with Crippen molar-refractivity contribution in [1.29, 1.82) is 0 Å². The summed E-state index contributed by atoms with van der Waals surface area (Å²) in [6, 6.07) is 0. The lowest BCUT2D eigenvalue weighted by Gasteiger charge is -2.39. The van der Waals surface area contributed by atoms with Gasteiger partial charge >= 0.3 is 18.6 Å². The molecule has 8 heteroatoms. The van der Waals surface area contributed by atoms with Gasteiger partial charge in [0.05, 0.1) is 5.51 Å². The maximum atomic E-state index is 11.5. The van der Waals surface area contributed by atoms with Gasteiger partial charge in [-0.3, -0.25) is 9.59 Å². The van der Waals surface area contributed by atoms with Gasteiger partial charge in [-0.15, -0.1) is 11.3 Å². The first-order chi connectivity index (χ1) is 8.53. The summed E-state index contributed by atoms with van der Waals surface area (Å²) in [5.41, 5.74) is 2.70. The molecule has 0 bridgehead atoms. The molecule has 1 aromatic rings. The van der Waals surface area contributed by atoms with Crippen LogP contribution in [0.5, 0.6) is 0 Å². The molecule has 0 unspecified atom stereocenters. The molecule has 2 saturated heterocycles. The molecule has 18 heavy (non-hydrogen) atoms. The highest BCUT2D eigenvalue weighted by Gasteiger charge is 2.64. The molecular weight excluding hydrogens is 255 g/mol. The molecule has 0 aromatic carbocycles. The number of hydrogen-bond acceptors (Lipinski definition) is 6. The number of nitrogens with zero attached hydrogens (tertiary/aromatic N) is 2. The van der Waals surface area contributed by atoms with Crippen molar-refractivity contribution in [2.24, 2.45) is 0 Å². The van der Waals surface area contributed by atoms with Crippen molar-refractivity contribution in [3.05, 3.63) is 16.6 Å². The molecule has 96 valence electrons. The van der Waals surface area contributed by atoms with Crippen molar-refractivity contribution < 1.29 is 23.3 Å². The Morgan fingerprint density at radius 2 is 2.06 bits per heavy atom. The molecule has 3 heterocycles. The zero-order valence-corrected chi connectivity index (χ0v) is 10.8. The summed E-state index contributed by atoms with van der Waals surface area (Å²) in [5.74, 6) is -0.577. The minimum Gasteiger partial charge on any atom is -0.600 e. The molecule has 0 aliphatic carbocycles. The number of hydrogen-bond donors (Lipinski definition) is 0. The lowest BCUT2D eigenvalue weighted by molar-refractivity contribution is -0.793. The van der Waals surface area contributed by atoms with E-state index in [2.05, 4.69) is 4.98 Å². The van der Waals surface area contributed by atoms with E-state index < -0.39 is 6.69 Å². The molecular formula is C10H13BN2O4S. The number of rotatable bonds is 3. The highest BCUT2D eigenvalue weighted by molar-refractivity contribution is 7.07. The Kier molecular flexibility index (Phi) is 2.46. The molecule has 0 amide bonds. The summed E-state index contributed by atoms with van der Waals surface area (Å²) in [6.07, 6.45) is 1.16. The average molecular weight is 268 g/mol. The van der Waals surface area contributed by atoms with E-state index in [9.17, 15) is 9.59 Å². The Hall–Kier alpha value is -1.41. The SMILES string of the molecule is C[N+]12CC(=O)O[B-]1(CCc1cscn1)OC(=O)C2. The van der Waals surface area contributed by atoms with Gasteiger partial charge in [-0.05, 0) is 12.7 Å². The monoisotopic (exact) mass is 268 g/mol. The van der Waals surface area contributed by atoms with Gasteiger partial charge in [-0.1, -0.05) is 0 Å². The molecule has 2 aliphatic rings. The highest BCUT2D eigenvalue weighted by atomic mass is 32.1. The van der Waals surface area contributed by atoms with Crippen LogP contribution >= 0.6 is 11.3 Å². The number of aryl methyl sites for hydroxylation is 1. The number of quaternary nitrogens is 1. The van der Waals surface area contributed by atoms with Crippen molar-refractivity contribution in [3.63, 3.8) is 0 Å². The third-order valence-electron chi connectivity index (χ3n) is 3.81. The van der Waals surface area contributed by atoms with E-state index in [1.807, 2.05) is 12.4 Å². The second-order valence-electron chi connectivity index (χ2n) is 5.12. The first-order valence-electron chi connectivity index (χ1n) is 5.84. The van der Waals surface area contributed by atoms with Crippen LogP contribution in [0.15, 0.2) is 10.9 Å². The Labute approximate surface area is 108 Å². The second kappa shape index (κ2) is 3.79.